The molecule has 116 valence electrons. The predicted molar refractivity (Wildman–Crippen MR) is 81.5 cm³/mol. The van der Waals surface area contributed by atoms with Gasteiger partial charge in [0.2, 0.25) is 5.91 Å². The van der Waals surface area contributed by atoms with Gasteiger partial charge in [0, 0.05) is 20.1 Å². The van der Waals surface area contributed by atoms with Crippen LogP contribution in [0.25, 0.3) is 0 Å². The first kappa shape index (κ1) is 15.8. The third-order valence-electron chi connectivity index (χ3n) is 3.61. The molecule has 1 saturated heterocycles. The lowest BCUT2D eigenvalue weighted by molar-refractivity contribution is -0.133. The molecule has 5 nitrogen and oxygen atoms in total. The van der Waals surface area contributed by atoms with Crippen LogP contribution in [0.5, 0.6) is 5.75 Å². The third-order valence-corrected chi connectivity index (χ3v) is 3.61. The summed E-state index contributed by atoms with van der Waals surface area (Å²) >= 11 is 0. The van der Waals surface area contributed by atoms with E-state index in [9.17, 15) is 4.79 Å². The fourth-order valence-corrected chi connectivity index (χ4v) is 2.24. The quantitative estimate of drug-likeness (QED) is 0.856. The summed E-state index contributed by atoms with van der Waals surface area (Å²) in [5.41, 5.74) is 1.10. The fourth-order valence-electron chi connectivity index (χ4n) is 2.24. The molecule has 1 atom stereocenters. The van der Waals surface area contributed by atoms with Crippen LogP contribution < -0.4 is 10.1 Å². The number of carbonyl (C=O) groups is 1. The van der Waals surface area contributed by atoms with Crippen LogP contribution >= 0.6 is 0 Å². The van der Waals surface area contributed by atoms with Crippen LogP contribution in [0.4, 0.5) is 0 Å². The van der Waals surface area contributed by atoms with Crippen molar-refractivity contribution in [2.24, 2.45) is 0 Å². The number of ether oxygens (including phenoxy) is 2. The van der Waals surface area contributed by atoms with Crippen molar-refractivity contribution >= 4 is 5.91 Å². The molecular formula is C16H24N2O3. The van der Waals surface area contributed by atoms with Crippen LogP contribution in [0, 0.1) is 6.92 Å². The Morgan fingerprint density at radius 3 is 3.00 bits per heavy atom. The monoisotopic (exact) mass is 292 g/mol. The van der Waals surface area contributed by atoms with Crippen molar-refractivity contribution in [3.63, 3.8) is 0 Å². The smallest absolute Gasteiger partial charge is 0.225 e. The Kier molecular flexibility index (Phi) is 6.02. The number of benzene rings is 1. The molecule has 0 saturated carbocycles. The summed E-state index contributed by atoms with van der Waals surface area (Å²) < 4.78 is 11.3. The van der Waals surface area contributed by atoms with Gasteiger partial charge >= 0.3 is 0 Å². The molecule has 0 spiro atoms. The molecule has 1 N–H and O–H groups in total. The Balaban J connectivity index is 1.70. The van der Waals surface area contributed by atoms with Crippen LogP contribution in [0.2, 0.25) is 0 Å². The first-order chi connectivity index (χ1) is 10.2. The van der Waals surface area contributed by atoms with E-state index >= 15 is 0 Å². The Hall–Kier alpha value is -1.59. The summed E-state index contributed by atoms with van der Waals surface area (Å²) in [6.07, 6.45) is 0.416. The molecule has 5 heteroatoms. The van der Waals surface area contributed by atoms with E-state index in [0.717, 1.165) is 24.4 Å². The molecule has 1 aliphatic rings. The van der Waals surface area contributed by atoms with Crippen LogP contribution in [0.3, 0.4) is 0 Å². The molecule has 1 aromatic carbocycles. The molecule has 0 bridgehead atoms. The van der Waals surface area contributed by atoms with E-state index in [1.54, 1.807) is 11.9 Å². The molecule has 1 aliphatic heterocycles. The maximum Gasteiger partial charge on any atom is 0.225 e. The molecule has 1 fully saturated rings. The maximum atomic E-state index is 12.1. The van der Waals surface area contributed by atoms with Crippen LogP contribution in [-0.2, 0) is 9.53 Å². The van der Waals surface area contributed by atoms with Gasteiger partial charge in [-0.15, -0.1) is 0 Å². The van der Waals surface area contributed by atoms with Crippen molar-refractivity contribution < 1.29 is 14.3 Å². The van der Waals surface area contributed by atoms with Crippen molar-refractivity contribution in [1.29, 1.82) is 0 Å². The van der Waals surface area contributed by atoms with Gasteiger partial charge in [0.25, 0.3) is 0 Å². The average molecular weight is 292 g/mol. The van der Waals surface area contributed by atoms with Crippen molar-refractivity contribution in [3.05, 3.63) is 29.8 Å². The average Bonchev–Trinajstić information content (AvgIpc) is 2.50. The van der Waals surface area contributed by atoms with Gasteiger partial charge in [-0.25, -0.2) is 0 Å². The number of likely N-dealkylation sites (N-methyl/N-ethyl adjacent to an activating group) is 1. The van der Waals surface area contributed by atoms with E-state index in [4.69, 9.17) is 9.47 Å². The number of nitrogens with zero attached hydrogens (tertiary/aromatic N) is 1. The fraction of sp³-hybridized carbons (Fsp3) is 0.562. The first-order valence-electron chi connectivity index (χ1n) is 7.41. The molecule has 1 amide bonds. The Bertz CT molecular complexity index is 459. The van der Waals surface area contributed by atoms with Crippen LogP contribution in [0.1, 0.15) is 12.0 Å². The van der Waals surface area contributed by atoms with E-state index in [0.29, 0.717) is 26.2 Å². The second-order valence-corrected chi connectivity index (χ2v) is 5.33. The highest BCUT2D eigenvalue weighted by Gasteiger charge is 2.19. The predicted octanol–water partition coefficient (Wildman–Crippen LogP) is 1.21. The van der Waals surface area contributed by atoms with E-state index in [1.807, 2.05) is 31.2 Å². The van der Waals surface area contributed by atoms with E-state index < -0.39 is 0 Å². The van der Waals surface area contributed by atoms with Crippen molar-refractivity contribution in [2.45, 2.75) is 19.4 Å². The SMILES string of the molecule is Cc1ccccc1OCCN(C)C(=O)CC1CNCCO1. The van der Waals surface area contributed by atoms with Gasteiger partial charge in [-0.1, -0.05) is 18.2 Å². The molecule has 1 unspecified atom stereocenters. The number of para-hydroxylation sites is 1. The highest BCUT2D eigenvalue weighted by Crippen LogP contribution is 2.15. The Morgan fingerprint density at radius 2 is 2.29 bits per heavy atom. The number of hydrogen-bond donors (Lipinski definition) is 1. The topological polar surface area (TPSA) is 50.8 Å². The number of morpholine rings is 1. The lowest BCUT2D eigenvalue weighted by atomic mass is 10.2. The number of rotatable bonds is 6. The summed E-state index contributed by atoms with van der Waals surface area (Å²) in [6, 6.07) is 7.89. The Labute approximate surface area is 126 Å². The molecule has 0 aromatic heterocycles. The lowest BCUT2D eigenvalue weighted by Crippen LogP contribution is -2.42. The van der Waals surface area contributed by atoms with Gasteiger partial charge in [-0.3, -0.25) is 4.79 Å². The molecule has 1 aromatic rings. The zero-order valence-electron chi connectivity index (χ0n) is 12.8. The summed E-state index contributed by atoms with van der Waals surface area (Å²) in [5.74, 6) is 0.968. The summed E-state index contributed by atoms with van der Waals surface area (Å²) in [7, 11) is 1.81. The largest absolute Gasteiger partial charge is 0.491 e. The maximum absolute atomic E-state index is 12.1. The highest BCUT2D eigenvalue weighted by molar-refractivity contribution is 5.76. The molecule has 21 heavy (non-hydrogen) atoms. The minimum atomic E-state index is -0.00835. The second-order valence-electron chi connectivity index (χ2n) is 5.33. The van der Waals surface area contributed by atoms with Gasteiger partial charge in [-0.2, -0.15) is 0 Å². The van der Waals surface area contributed by atoms with Gasteiger partial charge in [0.05, 0.1) is 25.7 Å². The van der Waals surface area contributed by atoms with Crippen molar-refractivity contribution in [1.82, 2.24) is 10.2 Å². The standard InChI is InChI=1S/C16H24N2O3/c1-13-5-3-4-6-15(13)21-10-8-18(2)16(19)11-14-12-17-7-9-20-14/h3-6,14,17H,7-12H2,1-2H3. The minimum absolute atomic E-state index is 0.00835. The highest BCUT2D eigenvalue weighted by atomic mass is 16.5. The van der Waals surface area contributed by atoms with Crippen LogP contribution in [-0.4, -0.2) is 56.8 Å². The normalized spacial score (nSPS) is 18.3. The third kappa shape index (κ3) is 5.02. The van der Waals surface area contributed by atoms with Gasteiger partial charge in [0.15, 0.2) is 0 Å². The number of nitrogens with one attached hydrogen (secondary N) is 1. The van der Waals surface area contributed by atoms with Crippen molar-refractivity contribution in [3.8, 4) is 5.75 Å². The molecule has 1 heterocycles. The number of hydrogen-bond acceptors (Lipinski definition) is 4. The van der Waals surface area contributed by atoms with E-state index in [2.05, 4.69) is 5.32 Å². The van der Waals surface area contributed by atoms with Gasteiger partial charge < -0.3 is 19.7 Å². The molecule has 0 aliphatic carbocycles. The van der Waals surface area contributed by atoms with Crippen LogP contribution in [0.15, 0.2) is 24.3 Å². The van der Waals surface area contributed by atoms with Crippen molar-refractivity contribution in [2.75, 3.05) is 39.9 Å². The summed E-state index contributed by atoms with van der Waals surface area (Å²) in [4.78, 5) is 13.8. The first-order valence-corrected chi connectivity index (χ1v) is 7.41. The zero-order chi connectivity index (χ0) is 15.1. The Morgan fingerprint density at radius 1 is 1.48 bits per heavy atom. The van der Waals surface area contributed by atoms with Gasteiger partial charge in [-0.05, 0) is 18.6 Å². The lowest BCUT2D eigenvalue weighted by Gasteiger charge is -2.25. The summed E-state index contributed by atoms with van der Waals surface area (Å²) in [5, 5.41) is 3.23. The van der Waals surface area contributed by atoms with E-state index in [1.165, 1.54) is 0 Å². The second kappa shape index (κ2) is 8.00. The summed E-state index contributed by atoms with van der Waals surface area (Å²) in [6.45, 7) is 5.38. The number of aryl methyl sites for hydroxylation is 1. The molecule has 0 radical (unpaired) electrons. The molecule has 2 rings (SSSR count). The molecular weight excluding hydrogens is 268 g/mol. The van der Waals surface area contributed by atoms with Gasteiger partial charge in [0.1, 0.15) is 12.4 Å². The minimum Gasteiger partial charge on any atom is -0.491 e. The number of amides is 1. The number of carbonyl (C=O) groups excluding carboxylic acids is 1. The van der Waals surface area contributed by atoms with E-state index in [-0.39, 0.29) is 12.0 Å². The zero-order valence-corrected chi connectivity index (χ0v) is 12.8.